The van der Waals surface area contributed by atoms with Crippen LogP contribution in [0.2, 0.25) is 0 Å². The number of aliphatic carboxylic acids is 1. The molecule has 6 nitrogen and oxygen atoms in total. The van der Waals surface area contributed by atoms with Crippen LogP contribution in [0.3, 0.4) is 0 Å². The van der Waals surface area contributed by atoms with Crippen LogP contribution in [0.4, 0.5) is 0 Å². The van der Waals surface area contributed by atoms with Crippen LogP contribution in [0.25, 0.3) is 11.0 Å². The lowest BCUT2D eigenvalue weighted by molar-refractivity contribution is -0.137. The van der Waals surface area contributed by atoms with Crippen molar-refractivity contribution in [3.05, 3.63) is 30.0 Å². The van der Waals surface area contributed by atoms with Crippen LogP contribution in [0, 0.1) is 0 Å². The molecular formula is C18H23NO5. The van der Waals surface area contributed by atoms with Crippen LogP contribution in [-0.2, 0) is 16.0 Å². The van der Waals surface area contributed by atoms with E-state index in [4.69, 9.17) is 14.3 Å². The SMILES string of the molecule is COc1ccc2c(CC(=O)NCCCCCCC(=O)O)coc2c1. The van der Waals surface area contributed by atoms with Gasteiger partial charge in [-0.25, -0.2) is 0 Å². The second kappa shape index (κ2) is 8.96. The summed E-state index contributed by atoms with van der Waals surface area (Å²) >= 11 is 0. The monoisotopic (exact) mass is 333 g/mol. The smallest absolute Gasteiger partial charge is 0.303 e. The molecule has 2 N–H and O–H groups in total. The zero-order valence-corrected chi connectivity index (χ0v) is 13.8. The Morgan fingerprint density at radius 1 is 1.21 bits per heavy atom. The molecule has 0 unspecified atom stereocenters. The minimum absolute atomic E-state index is 0.0425. The maximum Gasteiger partial charge on any atom is 0.303 e. The number of amides is 1. The van der Waals surface area contributed by atoms with Gasteiger partial charge in [-0.05, 0) is 25.0 Å². The fourth-order valence-corrected chi connectivity index (χ4v) is 2.55. The third-order valence-electron chi connectivity index (χ3n) is 3.85. The number of carbonyl (C=O) groups excluding carboxylic acids is 1. The Hall–Kier alpha value is -2.50. The average molecular weight is 333 g/mol. The van der Waals surface area contributed by atoms with E-state index in [1.54, 1.807) is 19.4 Å². The molecule has 0 aliphatic heterocycles. The summed E-state index contributed by atoms with van der Waals surface area (Å²) < 4.78 is 10.6. The summed E-state index contributed by atoms with van der Waals surface area (Å²) in [7, 11) is 1.60. The summed E-state index contributed by atoms with van der Waals surface area (Å²) in [6.45, 7) is 0.607. The highest BCUT2D eigenvalue weighted by atomic mass is 16.5. The van der Waals surface area contributed by atoms with Gasteiger partial charge in [0.1, 0.15) is 11.3 Å². The van der Waals surface area contributed by atoms with E-state index in [2.05, 4.69) is 5.32 Å². The molecule has 0 fully saturated rings. The quantitative estimate of drug-likeness (QED) is 0.652. The molecule has 2 rings (SSSR count). The van der Waals surface area contributed by atoms with Crippen molar-refractivity contribution in [2.75, 3.05) is 13.7 Å². The predicted molar refractivity (Wildman–Crippen MR) is 90.2 cm³/mol. The topological polar surface area (TPSA) is 88.8 Å². The Balaban J connectivity index is 1.72. The first-order valence-electron chi connectivity index (χ1n) is 8.12. The fourth-order valence-electron chi connectivity index (χ4n) is 2.55. The minimum Gasteiger partial charge on any atom is -0.497 e. The van der Waals surface area contributed by atoms with Gasteiger partial charge in [0.05, 0.1) is 19.8 Å². The number of fused-ring (bicyclic) bond motifs is 1. The lowest BCUT2D eigenvalue weighted by Crippen LogP contribution is -2.25. The lowest BCUT2D eigenvalue weighted by Gasteiger charge is -2.04. The van der Waals surface area contributed by atoms with Gasteiger partial charge in [0.15, 0.2) is 0 Å². The highest BCUT2D eigenvalue weighted by Gasteiger charge is 2.10. The van der Waals surface area contributed by atoms with E-state index >= 15 is 0 Å². The van der Waals surface area contributed by atoms with Crippen molar-refractivity contribution in [2.45, 2.75) is 38.5 Å². The molecule has 1 aromatic carbocycles. The number of benzene rings is 1. The van der Waals surface area contributed by atoms with E-state index in [9.17, 15) is 9.59 Å². The molecule has 0 bridgehead atoms. The Bertz CT molecular complexity index is 692. The van der Waals surface area contributed by atoms with Crippen molar-refractivity contribution in [1.29, 1.82) is 0 Å². The van der Waals surface area contributed by atoms with Crippen molar-refractivity contribution < 1.29 is 23.8 Å². The summed E-state index contributed by atoms with van der Waals surface area (Å²) in [5.41, 5.74) is 1.56. The summed E-state index contributed by atoms with van der Waals surface area (Å²) in [5.74, 6) is -0.0805. The minimum atomic E-state index is -0.756. The van der Waals surface area contributed by atoms with Crippen molar-refractivity contribution in [2.24, 2.45) is 0 Å². The van der Waals surface area contributed by atoms with Crippen molar-refractivity contribution >= 4 is 22.8 Å². The molecule has 0 saturated carbocycles. The molecule has 1 aromatic heterocycles. The number of rotatable bonds is 10. The number of carbonyl (C=O) groups is 2. The molecule has 6 heteroatoms. The van der Waals surface area contributed by atoms with Gasteiger partial charge in [0.2, 0.25) is 5.91 Å². The number of furan rings is 1. The van der Waals surface area contributed by atoms with E-state index < -0.39 is 5.97 Å². The fraction of sp³-hybridized carbons (Fsp3) is 0.444. The van der Waals surface area contributed by atoms with Gasteiger partial charge in [-0.15, -0.1) is 0 Å². The predicted octanol–water partition coefficient (Wildman–Crippen LogP) is 3.14. The van der Waals surface area contributed by atoms with Crippen LogP contribution in [0.5, 0.6) is 5.75 Å². The van der Waals surface area contributed by atoms with Gasteiger partial charge >= 0.3 is 5.97 Å². The Morgan fingerprint density at radius 2 is 2.00 bits per heavy atom. The molecule has 1 amide bonds. The second-order valence-corrected chi connectivity index (χ2v) is 5.71. The first-order chi connectivity index (χ1) is 11.6. The molecule has 0 atom stereocenters. The van der Waals surface area contributed by atoms with Crippen LogP contribution < -0.4 is 10.1 Å². The highest BCUT2D eigenvalue weighted by molar-refractivity contribution is 5.88. The Morgan fingerprint density at radius 3 is 2.75 bits per heavy atom. The number of hydrogen-bond donors (Lipinski definition) is 2. The molecule has 0 aliphatic rings. The molecular weight excluding hydrogens is 310 g/mol. The van der Waals surface area contributed by atoms with E-state index in [1.165, 1.54) is 0 Å². The standard InChI is InChI=1S/C18H23NO5/c1-23-14-7-8-15-13(12-24-16(15)11-14)10-17(20)19-9-5-3-2-4-6-18(21)22/h7-8,11-12H,2-6,9-10H2,1H3,(H,19,20)(H,21,22). The molecule has 24 heavy (non-hydrogen) atoms. The number of unbranched alkanes of at least 4 members (excludes halogenated alkanes) is 3. The zero-order chi connectivity index (χ0) is 17.4. The van der Waals surface area contributed by atoms with Crippen molar-refractivity contribution in [3.63, 3.8) is 0 Å². The van der Waals surface area contributed by atoms with Gasteiger partial charge in [0, 0.05) is 30.0 Å². The van der Waals surface area contributed by atoms with Gasteiger partial charge in [-0.3, -0.25) is 9.59 Å². The summed E-state index contributed by atoms with van der Waals surface area (Å²) in [5, 5.41) is 12.3. The third-order valence-corrected chi connectivity index (χ3v) is 3.85. The van der Waals surface area contributed by atoms with Crippen molar-refractivity contribution in [3.8, 4) is 5.75 Å². The van der Waals surface area contributed by atoms with Gasteiger partial charge < -0.3 is 19.6 Å². The zero-order valence-electron chi connectivity index (χ0n) is 13.8. The van der Waals surface area contributed by atoms with Crippen LogP contribution in [0.15, 0.2) is 28.9 Å². The third kappa shape index (κ3) is 5.30. The summed E-state index contributed by atoms with van der Waals surface area (Å²) in [4.78, 5) is 22.4. The first-order valence-corrected chi connectivity index (χ1v) is 8.12. The normalized spacial score (nSPS) is 10.7. The molecule has 2 aromatic rings. The number of ether oxygens (including phenoxy) is 1. The molecule has 1 heterocycles. The maximum atomic E-state index is 12.0. The lowest BCUT2D eigenvalue weighted by atomic mass is 10.1. The van der Waals surface area contributed by atoms with Gasteiger partial charge in [-0.2, -0.15) is 0 Å². The molecule has 0 saturated heterocycles. The largest absolute Gasteiger partial charge is 0.497 e. The number of methoxy groups -OCH3 is 1. The number of carboxylic acid groups (broad SMARTS) is 1. The van der Waals surface area contributed by atoms with Gasteiger partial charge in [-0.1, -0.05) is 12.8 Å². The number of nitrogens with one attached hydrogen (secondary N) is 1. The van der Waals surface area contributed by atoms with Crippen molar-refractivity contribution in [1.82, 2.24) is 5.32 Å². The molecule has 0 aliphatic carbocycles. The highest BCUT2D eigenvalue weighted by Crippen LogP contribution is 2.25. The van der Waals surface area contributed by atoms with E-state index in [0.717, 1.165) is 36.0 Å². The van der Waals surface area contributed by atoms with E-state index in [1.807, 2.05) is 12.1 Å². The molecule has 0 radical (unpaired) electrons. The summed E-state index contributed by atoms with van der Waals surface area (Å²) in [6.07, 6.45) is 5.43. The Kier molecular flexibility index (Phi) is 6.66. The van der Waals surface area contributed by atoms with Crippen LogP contribution in [0.1, 0.15) is 37.7 Å². The van der Waals surface area contributed by atoms with Gasteiger partial charge in [0.25, 0.3) is 0 Å². The average Bonchev–Trinajstić information content (AvgIpc) is 2.95. The second-order valence-electron chi connectivity index (χ2n) is 5.71. The number of carboxylic acids is 1. The first kappa shape index (κ1) is 17.8. The molecule has 130 valence electrons. The van der Waals surface area contributed by atoms with Crippen LogP contribution >= 0.6 is 0 Å². The Labute approximate surface area is 140 Å². The van der Waals surface area contributed by atoms with Crippen LogP contribution in [-0.4, -0.2) is 30.6 Å². The summed E-state index contributed by atoms with van der Waals surface area (Å²) in [6, 6.07) is 5.53. The van der Waals surface area contributed by atoms with E-state index in [-0.39, 0.29) is 18.7 Å². The number of hydrogen-bond acceptors (Lipinski definition) is 4. The maximum absolute atomic E-state index is 12.0. The van der Waals surface area contributed by atoms with E-state index in [0.29, 0.717) is 18.5 Å². The molecule has 0 spiro atoms.